The summed E-state index contributed by atoms with van der Waals surface area (Å²) in [5.74, 6) is 1.57. The first kappa shape index (κ1) is 16.9. The lowest BCUT2D eigenvalue weighted by molar-refractivity contribution is 0.170. The number of methoxy groups -OCH3 is 1. The average Bonchev–Trinajstić information content (AvgIpc) is 3.11. The third-order valence-corrected chi connectivity index (χ3v) is 4.52. The summed E-state index contributed by atoms with van der Waals surface area (Å²) in [4.78, 5) is 14.4. The first-order valence-electron chi connectivity index (χ1n) is 8.72. The van der Waals surface area contributed by atoms with Crippen LogP contribution in [0.4, 0.5) is 4.79 Å². The highest BCUT2D eigenvalue weighted by Gasteiger charge is 2.30. The van der Waals surface area contributed by atoms with Crippen LogP contribution in [0.5, 0.6) is 11.5 Å². The van der Waals surface area contributed by atoms with Crippen molar-refractivity contribution in [1.29, 1.82) is 0 Å². The number of unbranched alkanes of at least 4 members (excludes halogenated alkanes) is 1. The molecule has 6 heteroatoms. The fourth-order valence-corrected chi connectivity index (χ4v) is 3.29. The highest BCUT2D eigenvalue weighted by molar-refractivity contribution is 5.75. The van der Waals surface area contributed by atoms with Crippen LogP contribution in [0.3, 0.4) is 0 Å². The van der Waals surface area contributed by atoms with Gasteiger partial charge in [0.1, 0.15) is 13.2 Å². The number of rotatable bonds is 6. The van der Waals surface area contributed by atoms with Crippen molar-refractivity contribution >= 4 is 6.03 Å². The Hall–Kier alpha value is -1.95. The van der Waals surface area contributed by atoms with Gasteiger partial charge in [-0.15, -0.1) is 0 Å². The van der Waals surface area contributed by atoms with Crippen LogP contribution in [0.1, 0.15) is 37.3 Å². The van der Waals surface area contributed by atoms with Crippen LogP contribution in [-0.4, -0.2) is 51.0 Å². The van der Waals surface area contributed by atoms with Gasteiger partial charge in [-0.25, -0.2) is 4.79 Å². The Bertz CT molecular complexity index is 564. The molecule has 2 aliphatic heterocycles. The number of urea groups is 1. The number of ether oxygens (including phenoxy) is 3. The minimum atomic E-state index is 0.0183. The second kappa shape index (κ2) is 8.24. The van der Waals surface area contributed by atoms with Crippen molar-refractivity contribution in [3.05, 3.63) is 23.8 Å². The number of likely N-dealkylation sites (tertiary alicyclic amines) is 1. The standard InChI is InChI=1S/C18H26N2O4/c1-22-10-3-2-8-19-18(21)20-9-4-5-15(20)14-6-7-16-17(13-14)24-12-11-23-16/h6-7,13,15H,2-5,8-12H2,1H3,(H,19,21)/t15-/m0/s1. The minimum Gasteiger partial charge on any atom is -0.486 e. The average molecular weight is 334 g/mol. The van der Waals surface area contributed by atoms with Crippen molar-refractivity contribution < 1.29 is 19.0 Å². The molecule has 0 unspecified atom stereocenters. The summed E-state index contributed by atoms with van der Waals surface area (Å²) in [7, 11) is 1.70. The lowest BCUT2D eigenvalue weighted by Crippen LogP contribution is -2.39. The van der Waals surface area contributed by atoms with Gasteiger partial charge in [-0.05, 0) is 43.4 Å². The summed E-state index contributed by atoms with van der Waals surface area (Å²) >= 11 is 0. The highest BCUT2D eigenvalue weighted by atomic mass is 16.6. The number of hydrogen-bond donors (Lipinski definition) is 1. The van der Waals surface area contributed by atoms with E-state index in [2.05, 4.69) is 5.32 Å². The van der Waals surface area contributed by atoms with E-state index in [0.717, 1.165) is 55.9 Å². The molecule has 1 N–H and O–H groups in total. The van der Waals surface area contributed by atoms with Crippen molar-refractivity contribution in [3.63, 3.8) is 0 Å². The predicted octanol–water partition coefficient (Wildman–Crippen LogP) is 2.73. The molecule has 0 spiro atoms. The largest absolute Gasteiger partial charge is 0.486 e. The molecule has 2 heterocycles. The molecule has 6 nitrogen and oxygen atoms in total. The quantitative estimate of drug-likeness (QED) is 0.813. The highest BCUT2D eigenvalue weighted by Crippen LogP contribution is 2.37. The van der Waals surface area contributed by atoms with Crippen molar-refractivity contribution in [3.8, 4) is 11.5 Å². The molecule has 0 radical (unpaired) electrons. The number of amides is 2. The van der Waals surface area contributed by atoms with E-state index in [1.807, 2.05) is 23.1 Å². The molecule has 1 saturated heterocycles. The fraction of sp³-hybridized carbons (Fsp3) is 0.611. The third kappa shape index (κ3) is 3.93. The molecule has 0 saturated carbocycles. The van der Waals surface area contributed by atoms with Gasteiger partial charge in [-0.1, -0.05) is 6.07 Å². The topological polar surface area (TPSA) is 60.0 Å². The Morgan fingerprint density at radius 1 is 1.29 bits per heavy atom. The molecule has 1 fully saturated rings. The van der Waals surface area contributed by atoms with Gasteiger partial charge in [0.15, 0.2) is 11.5 Å². The van der Waals surface area contributed by atoms with Crippen molar-refractivity contribution in [1.82, 2.24) is 10.2 Å². The smallest absolute Gasteiger partial charge is 0.317 e. The number of carbonyl (C=O) groups is 1. The molecule has 2 aliphatic rings. The molecule has 2 amide bonds. The monoisotopic (exact) mass is 334 g/mol. The summed E-state index contributed by atoms with van der Waals surface area (Å²) < 4.78 is 16.3. The van der Waals surface area contributed by atoms with E-state index < -0.39 is 0 Å². The summed E-state index contributed by atoms with van der Waals surface area (Å²) in [5.41, 5.74) is 1.12. The SMILES string of the molecule is COCCCCNC(=O)N1CCC[C@H]1c1ccc2c(c1)OCCO2. The van der Waals surface area contributed by atoms with Crippen LogP contribution in [0.25, 0.3) is 0 Å². The number of fused-ring (bicyclic) bond motifs is 1. The number of benzene rings is 1. The number of hydrogen-bond acceptors (Lipinski definition) is 4. The van der Waals surface area contributed by atoms with E-state index in [1.54, 1.807) is 7.11 Å². The second-order valence-electron chi connectivity index (χ2n) is 6.19. The second-order valence-corrected chi connectivity index (χ2v) is 6.19. The minimum absolute atomic E-state index is 0.0183. The van der Waals surface area contributed by atoms with Gasteiger partial charge in [0.05, 0.1) is 6.04 Å². The van der Waals surface area contributed by atoms with Gasteiger partial charge in [0.25, 0.3) is 0 Å². The molecule has 1 aromatic rings. The Labute approximate surface area is 143 Å². The van der Waals surface area contributed by atoms with Gasteiger partial charge in [0, 0.05) is 26.8 Å². The zero-order chi connectivity index (χ0) is 16.8. The van der Waals surface area contributed by atoms with E-state index in [4.69, 9.17) is 14.2 Å². The Morgan fingerprint density at radius 3 is 2.96 bits per heavy atom. The molecule has 0 bridgehead atoms. The summed E-state index contributed by atoms with van der Waals surface area (Å²) in [6.45, 7) is 3.38. The van der Waals surface area contributed by atoms with E-state index >= 15 is 0 Å². The lowest BCUT2D eigenvalue weighted by Gasteiger charge is -2.27. The predicted molar refractivity (Wildman–Crippen MR) is 90.6 cm³/mol. The molecule has 0 aromatic heterocycles. The summed E-state index contributed by atoms with van der Waals surface area (Å²) in [6, 6.07) is 6.14. The van der Waals surface area contributed by atoms with Gasteiger partial charge in [-0.2, -0.15) is 0 Å². The van der Waals surface area contributed by atoms with Crippen LogP contribution in [0.2, 0.25) is 0 Å². The lowest BCUT2D eigenvalue weighted by atomic mass is 10.0. The first-order valence-corrected chi connectivity index (χ1v) is 8.72. The Balaban J connectivity index is 1.59. The number of carbonyl (C=O) groups excluding carboxylic acids is 1. The van der Waals surface area contributed by atoms with Crippen LogP contribution in [0.15, 0.2) is 18.2 Å². The maximum Gasteiger partial charge on any atom is 0.317 e. The van der Waals surface area contributed by atoms with Crippen molar-refractivity contribution in [2.45, 2.75) is 31.7 Å². The third-order valence-electron chi connectivity index (χ3n) is 4.52. The van der Waals surface area contributed by atoms with Gasteiger partial charge in [0.2, 0.25) is 0 Å². The van der Waals surface area contributed by atoms with Crippen LogP contribution in [0, 0.1) is 0 Å². The Morgan fingerprint density at radius 2 is 2.12 bits per heavy atom. The van der Waals surface area contributed by atoms with E-state index in [0.29, 0.717) is 19.8 Å². The van der Waals surface area contributed by atoms with Crippen LogP contribution >= 0.6 is 0 Å². The Kier molecular flexibility index (Phi) is 5.80. The molecule has 24 heavy (non-hydrogen) atoms. The molecular weight excluding hydrogens is 308 g/mol. The van der Waals surface area contributed by atoms with Gasteiger partial charge < -0.3 is 24.4 Å². The van der Waals surface area contributed by atoms with Gasteiger partial charge >= 0.3 is 6.03 Å². The first-order chi connectivity index (χ1) is 11.8. The van der Waals surface area contributed by atoms with Crippen LogP contribution < -0.4 is 14.8 Å². The molecule has 0 aliphatic carbocycles. The molecular formula is C18H26N2O4. The summed E-state index contributed by atoms with van der Waals surface area (Å²) in [5, 5.41) is 3.02. The normalized spacial score (nSPS) is 19.4. The number of nitrogens with one attached hydrogen (secondary N) is 1. The molecule has 1 aromatic carbocycles. The van der Waals surface area contributed by atoms with E-state index in [9.17, 15) is 4.79 Å². The number of nitrogens with zero attached hydrogens (tertiary/aromatic N) is 1. The molecule has 3 rings (SSSR count). The van der Waals surface area contributed by atoms with E-state index in [1.165, 1.54) is 0 Å². The summed E-state index contributed by atoms with van der Waals surface area (Å²) in [6.07, 6.45) is 3.90. The van der Waals surface area contributed by atoms with Gasteiger partial charge in [-0.3, -0.25) is 0 Å². The molecule has 1 atom stereocenters. The maximum absolute atomic E-state index is 12.5. The van der Waals surface area contributed by atoms with Crippen molar-refractivity contribution in [2.24, 2.45) is 0 Å². The van der Waals surface area contributed by atoms with Crippen LogP contribution in [-0.2, 0) is 4.74 Å². The maximum atomic E-state index is 12.5. The zero-order valence-electron chi connectivity index (χ0n) is 14.3. The zero-order valence-corrected chi connectivity index (χ0v) is 14.3. The fourth-order valence-electron chi connectivity index (χ4n) is 3.29. The van der Waals surface area contributed by atoms with E-state index in [-0.39, 0.29) is 12.1 Å². The molecule has 132 valence electrons. The van der Waals surface area contributed by atoms with Crippen molar-refractivity contribution in [2.75, 3.05) is 40.0 Å².